The Morgan fingerprint density at radius 3 is 2.76 bits per heavy atom. The lowest BCUT2D eigenvalue weighted by Crippen LogP contribution is -2.42. The van der Waals surface area contributed by atoms with Gasteiger partial charge < -0.3 is 9.64 Å². The van der Waals surface area contributed by atoms with E-state index in [1.165, 1.54) is 0 Å². The molecule has 0 aromatic rings. The molecule has 6 heteroatoms. The van der Waals surface area contributed by atoms with Gasteiger partial charge in [-0.05, 0) is 18.8 Å². The topological polar surface area (TPSA) is 29.5 Å². The van der Waals surface area contributed by atoms with Crippen LogP contribution in [0.15, 0.2) is 0 Å². The second-order valence-electron chi connectivity index (χ2n) is 4.36. The molecule has 1 heterocycles. The number of halogens is 3. The Labute approximate surface area is 98.9 Å². The van der Waals surface area contributed by atoms with Crippen molar-refractivity contribution in [3.8, 4) is 0 Å². The zero-order chi connectivity index (χ0) is 12.9. The van der Waals surface area contributed by atoms with Gasteiger partial charge in [0.15, 0.2) is 0 Å². The quantitative estimate of drug-likeness (QED) is 0.768. The van der Waals surface area contributed by atoms with E-state index in [-0.39, 0.29) is 5.91 Å². The molecule has 0 N–H and O–H groups in total. The average molecular weight is 253 g/mol. The maximum Gasteiger partial charge on any atom is 0.411 e. The SMILES string of the molecule is CCC1CCCN(C(=O)COCC(F)(F)F)C1. The summed E-state index contributed by atoms with van der Waals surface area (Å²) in [6.07, 6.45) is -1.37. The number of hydrogen-bond acceptors (Lipinski definition) is 2. The van der Waals surface area contributed by atoms with Gasteiger partial charge in [0.05, 0.1) is 0 Å². The fourth-order valence-electron chi connectivity index (χ4n) is 1.97. The number of amides is 1. The van der Waals surface area contributed by atoms with Crippen LogP contribution in [-0.4, -0.2) is 43.3 Å². The van der Waals surface area contributed by atoms with Gasteiger partial charge in [-0.15, -0.1) is 0 Å². The van der Waals surface area contributed by atoms with E-state index in [1.807, 2.05) is 0 Å². The van der Waals surface area contributed by atoms with Crippen molar-refractivity contribution in [1.29, 1.82) is 0 Å². The molecule has 1 aliphatic heterocycles. The maximum absolute atomic E-state index is 11.8. The minimum Gasteiger partial charge on any atom is -0.362 e. The maximum atomic E-state index is 11.8. The molecule has 1 saturated heterocycles. The molecule has 1 rings (SSSR count). The molecule has 0 aromatic carbocycles. The predicted molar refractivity (Wildman–Crippen MR) is 56.5 cm³/mol. The number of hydrogen-bond donors (Lipinski definition) is 0. The number of carbonyl (C=O) groups is 1. The second-order valence-corrected chi connectivity index (χ2v) is 4.36. The number of likely N-dealkylation sites (tertiary alicyclic amines) is 1. The Morgan fingerprint density at radius 1 is 1.47 bits per heavy atom. The minimum atomic E-state index is -4.37. The van der Waals surface area contributed by atoms with E-state index in [0.29, 0.717) is 19.0 Å². The molecular weight excluding hydrogens is 235 g/mol. The van der Waals surface area contributed by atoms with Crippen LogP contribution in [0, 0.1) is 5.92 Å². The van der Waals surface area contributed by atoms with Crippen molar-refractivity contribution < 1.29 is 22.7 Å². The molecule has 1 aliphatic rings. The molecule has 1 amide bonds. The monoisotopic (exact) mass is 253 g/mol. The molecule has 1 unspecified atom stereocenters. The van der Waals surface area contributed by atoms with Crippen molar-refractivity contribution in [3.05, 3.63) is 0 Å². The predicted octanol–water partition coefficient (Wildman–Crippen LogP) is 2.21. The van der Waals surface area contributed by atoms with Crippen molar-refractivity contribution in [2.24, 2.45) is 5.92 Å². The molecule has 1 atom stereocenters. The van der Waals surface area contributed by atoms with Gasteiger partial charge in [-0.25, -0.2) is 0 Å². The van der Waals surface area contributed by atoms with Crippen LogP contribution in [0.1, 0.15) is 26.2 Å². The van der Waals surface area contributed by atoms with Crippen LogP contribution < -0.4 is 0 Å². The van der Waals surface area contributed by atoms with Gasteiger partial charge in [-0.2, -0.15) is 13.2 Å². The molecule has 0 aliphatic carbocycles. The van der Waals surface area contributed by atoms with E-state index < -0.39 is 19.4 Å². The fourth-order valence-corrected chi connectivity index (χ4v) is 1.97. The van der Waals surface area contributed by atoms with Crippen LogP contribution in [0.2, 0.25) is 0 Å². The van der Waals surface area contributed by atoms with Crippen LogP contribution in [0.4, 0.5) is 13.2 Å². The van der Waals surface area contributed by atoms with Crippen molar-refractivity contribution in [3.63, 3.8) is 0 Å². The highest BCUT2D eigenvalue weighted by molar-refractivity contribution is 5.77. The summed E-state index contributed by atoms with van der Waals surface area (Å²) < 4.78 is 39.8. The van der Waals surface area contributed by atoms with Crippen LogP contribution in [0.25, 0.3) is 0 Å². The molecular formula is C11H18F3NO2. The summed E-state index contributed by atoms with van der Waals surface area (Å²) in [5.41, 5.74) is 0. The van der Waals surface area contributed by atoms with Gasteiger partial charge in [0.1, 0.15) is 13.2 Å². The first-order chi connectivity index (χ1) is 7.92. The summed E-state index contributed by atoms with van der Waals surface area (Å²) in [7, 11) is 0. The zero-order valence-corrected chi connectivity index (χ0v) is 9.92. The third-order valence-electron chi connectivity index (χ3n) is 2.94. The highest BCUT2D eigenvalue weighted by Crippen LogP contribution is 2.19. The second kappa shape index (κ2) is 6.23. The first-order valence-electron chi connectivity index (χ1n) is 5.84. The number of piperidine rings is 1. The lowest BCUT2D eigenvalue weighted by molar-refractivity contribution is -0.178. The number of ether oxygens (including phenoxy) is 1. The third-order valence-corrected chi connectivity index (χ3v) is 2.94. The number of carbonyl (C=O) groups excluding carboxylic acids is 1. The fraction of sp³-hybridized carbons (Fsp3) is 0.909. The summed E-state index contributed by atoms with van der Waals surface area (Å²) in [6, 6.07) is 0. The Morgan fingerprint density at radius 2 is 2.18 bits per heavy atom. The summed E-state index contributed by atoms with van der Waals surface area (Å²) in [4.78, 5) is 13.2. The lowest BCUT2D eigenvalue weighted by Gasteiger charge is -2.32. The molecule has 100 valence electrons. The van der Waals surface area contributed by atoms with Gasteiger partial charge in [-0.3, -0.25) is 4.79 Å². The van der Waals surface area contributed by atoms with Crippen molar-refractivity contribution in [1.82, 2.24) is 4.90 Å². The molecule has 0 aromatic heterocycles. The minimum absolute atomic E-state index is 0.340. The first-order valence-corrected chi connectivity index (χ1v) is 5.84. The van der Waals surface area contributed by atoms with E-state index >= 15 is 0 Å². The first kappa shape index (κ1) is 14.3. The molecule has 17 heavy (non-hydrogen) atoms. The van der Waals surface area contributed by atoms with Crippen molar-refractivity contribution >= 4 is 5.91 Å². The van der Waals surface area contributed by atoms with E-state index in [1.54, 1.807) is 4.90 Å². The summed E-state index contributed by atoms with van der Waals surface area (Å²) in [6.45, 7) is 1.49. The average Bonchev–Trinajstić information content (AvgIpc) is 2.27. The van der Waals surface area contributed by atoms with E-state index in [0.717, 1.165) is 19.3 Å². The van der Waals surface area contributed by atoms with Crippen LogP contribution in [0.3, 0.4) is 0 Å². The Bertz CT molecular complexity index is 256. The largest absolute Gasteiger partial charge is 0.411 e. The summed E-state index contributed by atoms with van der Waals surface area (Å²) in [5, 5.41) is 0. The van der Waals surface area contributed by atoms with Gasteiger partial charge in [0.2, 0.25) is 5.91 Å². The Kier molecular flexibility index (Phi) is 5.24. The van der Waals surface area contributed by atoms with Gasteiger partial charge in [-0.1, -0.05) is 13.3 Å². The highest BCUT2D eigenvalue weighted by Gasteiger charge is 2.29. The normalized spacial score (nSPS) is 21.6. The van der Waals surface area contributed by atoms with Gasteiger partial charge >= 0.3 is 6.18 Å². The molecule has 3 nitrogen and oxygen atoms in total. The number of rotatable bonds is 4. The van der Waals surface area contributed by atoms with Crippen LogP contribution in [-0.2, 0) is 9.53 Å². The molecule has 0 spiro atoms. The zero-order valence-electron chi connectivity index (χ0n) is 9.92. The Hall–Kier alpha value is -0.780. The van der Waals surface area contributed by atoms with Crippen molar-refractivity contribution in [2.45, 2.75) is 32.4 Å². The smallest absolute Gasteiger partial charge is 0.362 e. The summed E-state index contributed by atoms with van der Waals surface area (Å²) in [5.74, 6) is 0.128. The summed E-state index contributed by atoms with van der Waals surface area (Å²) >= 11 is 0. The standard InChI is InChI=1S/C11H18F3NO2/c1-2-9-4-3-5-15(6-9)10(16)7-17-8-11(12,13)14/h9H,2-8H2,1H3. The van der Waals surface area contributed by atoms with E-state index in [4.69, 9.17) is 0 Å². The van der Waals surface area contributed by atoms with E-state index in [9.17, 15) is 18.0 Å². The molecule has 0 radical (unpaired) electrons. The number of alkyl halides is 3. The van der Waals surface area contributed by atoms with Gasteiger partial charge in [0, 0.05) is 13.1 Å². The highest BCUT2D eigenvalue weighted by atomic mass is 19.4. The molecule has 0 saturated carbocycles. The Balaban J connectivity index is 2.27. The van der Waals surface area contributed by atoms with Gasteiger partial charge in [0.25, 0.3) is 0 Å². The molecule has 1 fully saturated rings. The van der Waals surface area contributed by atoms with E-state index in [2.05, 4.69) is 11.7 Å². The lowest BCUT2D eigenvalue weighted by atomic mass is 9.96. The third kappa shape index (κ3) is 5.39. The van der Waals surface area contributed by atoms with Crippen LogP contribution >= 0.6 is 0 Å². The van der Waals surface area contributed by atoms with Crippen LogP contribution in [0.5, 0.6) is 0 Å². The van der Waals surface area contributed by atoms with Crippen molar-refractivity contribution in [2.75, 3.05) is 26.3 Å². The molecule has 0 bridgehead atoms. The number of nitrogens with zero attached hydrogens (tertiary/aromatic N) is 1.